The molecule has 2 heterocycles. The minimum atomic E-state index is -0.481. The van der Waals surface area contributed by atoms with Crippen LogP contribution in [0, 0.1) is 11.3 Å². The van der Waals surface area contributed by atoms with Crippen molar-refractivity contribution in [3.8, 4) is 6.07 Å². The number of allylic oxidation sites excluding steroid dienone is 1. The SMILES string of the molecule is C=CCc1c(B2OC(C)(C)C(C)(C)O2)ccnc1C#N. The van der Waals surface area contributed by atoms with Crippen LogP contribution >= 0.6 is 0 Å². The first kappa shape index (κ1) is 14.8. The average Bonchev–Trinajstić information content (AvgIpc) is 2.59. The van der Waals surface area contributed by atoms with Crippen molar-refractivity contribution in [2.75, 3.05) is 0 Å². The van der Waals surface area contributed by atoms with E-state index in [0.717, 1.165) is 11.0 Å². The van der Waals surface area contributed by atoms with Crippen molar-refractivity contribution in [2.24, 2.45) is 0 Å². The van der Waals surface area contributed by atoms with Crippen molar-refractivity contribution < 1.29 is 9.31 Å². The zero-order valence-electron chi connectivity index (χ0n) is 12.4. The van der Waals surface area contributed by atoms with E-state index in [2.05, 4.69) is 17.6 Å². The smallest absolute Gasteiger partial charge is 0.399 e. The van der Waals surface area contributed by atoms with Crippen LogP contribution in [0.1, 0.15) is 39.0 Å². The van der Waals surface area contributed by atoms with Gasteiger partial charge in [0.05, 0.1) is 11.2 Å². The maximum Gasteiger partial charge on any atom is 0.495 e. The van der Waals surface area contributed by atoms with Crippen molar-refractivity contribution in [1.82, 2.24) is 4.98 Å². The molecule has 0 aromatic carbocycles. The molecule has 1 aliphatic rings. The standard InChI is InChI=1S/C15H19BN2O2/c1-6-7-11-12(8-9-18-13(11)10-17)16-19-14(2,3)15(4,5)20-16/h6,8-9H,1,7H2,2-5H3. The third kappa shape index (κ3) is 2.37. The first-order valence-corrected chi connectivity index (χ1v) is 6.67. The number of rotatable bonds is 3. The lowest BCUT2D eigenvalue weighted by molar-refractivity contribution is 0.00578. The normalized spacial score (nSPS) is 19.6. The Morgan fingerprint density at radius 2 is 1.95 bits per heavy atom. The van der Waals surface area contributed by atoms with Gasteiger partial charge in [-0.25, -0.2) is 4.98 Å². The maximum atomic E-state index is 9.19. The Morgan fingerprint density at radius 3 is 2.45 bits per heavy atom. The van der Waals surface area contributed by atoms with E-state index in [1.165, 1.54) is 0 Å². The third-order valence-electron chi connectivity index (χ3n) is 4.05. The second-order valence-electron chi connectivity index (χ2n) is 5.92. The highest BCUT2D eigenvalue weighted by atomic mass is 16.7. The molecule has 2 rings (SSSR count). The molecule has 20 heavy (non-hydrogen) atoms. The van der Waals surface area contributed by atoms with Crippen molar-refractivity contribution >= 4 is 12.6 Å². The Labute approximate surface area is 120 Å². The average molecular weight is 270 g/mol. The summed E-state index contributed by atoms with van der Waals surface area (Å²) in [5, 5.41) is 9.19. The van der Waals surface area contributed by atoms with E-state index in [1.807, 2.05) is 33.8 Å². The summed E-state index contributed by atoms with van der Waals surface area (Å²) in [6, 6.07) is 3.96. The molecule has 0 atom stereocenters. The van der Waals surface area contributed by atoms with Crippen molar-refractivity contribution in [2.45, 2.75) is 45.3 Å². The number of hydrogen-bond acceptors (Lipinski definition) is 4. The van der Waals surface area contributed by atoms with Crippen LogP contribution < -0.4 is 5.46 Å². The molecule has 4 nitrogen and oxygen atoms in total. The fourth-order valence-corrected chi connectivity index (χ4v) is 2.15. The summed E-state index contributed by atoms with van der Waals surface area (Å²) in [5.74, 6) is 0. The highest BCUT2D eigenvalue weighted by Crippen LogP contribution is 2.36. The highest BCUT2D eigenvalue weighted by molar-refractivity contribution is 6.62. The van der Waals surface area contributed by atoms with Crippen LogP contribution in [-0.4, -0.2) is 23.3 Å². The lowest BCUT2D eigenvalue weighted by Crippen LogP contribution is -2.41. The molecule has 0 spiro atoms. The topological polar surface area (TPSA) is 55.1 Å². The molecule has 0 amide bonds. The van der Waals surface area contributed by atoms with Crippen LogP contribution in [0.15, 0.2) is 24.9 Å². The van der Waals surface area contributed by atoms with Gasteiger partial charge in [-0.05, 0) is 51.2 Å². The molecule has 5 heteroatoms. The molecule has 0 bridgehead atoms. The molecule has 1 aromatic rings. The summed E-state index contributed by atoms with van der Waals surface area (Å²) < 4.78 is 12.1. The molecule has 104 valence electrons. The Bertz CT molecular complexity index is 560. The van der Waals surface area contributed by atoms with Gasteiger partial charge in [-0.3, -0.25) is 0 Å². The zero-order chi connectivity index (χ0) is 15.0. The third-order valence-corrected chi connectivity index (χ3v) is 4.05. The highest BCUT2D eigenvalue weighted by Gasteiger charge is 2.52. The monoisotopic (exact) mass is 270 g/mol. The number of hydrogen-bond donors (Lipinski definition) is 0. The summed E-state index contributed by atoms with van der Waals surface area (Å²) in [5.41, 5.74) is 1.27. The van der Waals surface area contributed by atoms with Crippen LogP contribution in [0.3, 0.4) is 0 Å². The molecule has 0 unspecified atom stereocenters. The summed E-state index contributed by atoms with van der Waals surface area (Å²) in [7, 11) is -0.481. The number of nitriles is 1. The lowest BCUT2D eigenvalue weighted by Gasteiger charge is -2.32. The second kappa shape index (κ2) is 5.04. The lowest BCUT2D eigenvalue weighted by atomic mass is 9.75. The molecular formula is C15H19BN2O2. The Balaban J connectivity index is 2.45. The Kier molecular flexibility index (Phi) is 3.72. The van der Waals surface area contributed by atoms with Gasteiger partial charge >= 0.3 is 7.12 Å². The van der Waals surface area contributed by atoms with Gasteiger partial charge < -0.3 is 9.31 Å². The van der Waals surface area contributed by atoms with Crippen LogP contribution in [-0.2, 0) is 15.7 Å². The van der Waals surface area contributed by atoms with Crippen LogP contribution in [0.4, 0.5) is 0 Å². The van der Waals surface area contributed by atoms with E-state index in [9.17, 15) is 5.26 Å². The predicted molar refractivity (Wildman–Crippen MR) is 78.6 cm³/mol. The second-order valence-corrected chi connectivity index (χ2v) is 5.92. The number of nitrogens with zero attached hydrogens (tertiary/aromatic N) is 2. The predicted octanol–water partition coefficient (Wildman–Crippen LogP) is 1.98. The van der Waals surface area contributed by atoms with Gasteiger partial charge in [0.25, 0.3) is 0 Å². The van der Waals surface area contributed by atoms with Gasteiger partial charge in [0.1, 0.15) is 11.8 Å². The van der Waals surface area contributed by atoms with E-state index < -0.39 is 18.3 Å². The molecule has 1 saturated heterocycles. The summed E-state index contributed by atoms with van der Waals surface area (Å²) in [6.45, 7) is 11.8. The maximum absolute atomic E-state index is 9.19. The van der Waals surface area contributed by atoms with Crippen LogP contribution in [0.5, 0.6) is 0 Å². The van der Waals surface area contributed by atoms with Gasteiger partial charge in [-0.2, -0.15) is 5.26 Å². The fourth-order valence-electron chi connectivity index (χ4n) is 2.15. The number of aromatic nitrogens is 1. The molecule has 1 aliphatic heterocycles. The van der Waals surface area contributed by atoms with Crippen LogP contribution in [0.25, 0.3) is 0 Å². The van der Waals surface area contributed by atoms with E-state index in [4.69, 9.17) is 9.31 Å². The van der Waals surface area contributed by atoms with Gasteiger partial charge in [-0.15, -0.1) is 6.58 Å². The van der Waals surface area contributed by atoms with E-state index >= 15 is 0 Å². The van der Waals surface area contributed by atoms with Gasteiger partial charge in [0.2, 0.25) is 0 Å². The Hall–Kier alpha value is -1.64. The quantitative estimate of drug-likeness (QED) is 0.622. The largest absolute Gasteiger partial charge is 0.495 e. The Morgan fingerprint density at radius 1 is 1.35 bits per heavy atom. The van der Waals surface area contributed by atoms with E-state index in [0.29, 0.717) is 12.1 Å². The minimum absolute atomic E-state index is 0.400. The van der Waals surface area contributed by atoms with Gasteiger partial charge in [-0.1, -0.05) is 6.08 Å². The molecule has 0 radical (unpaired) electrons. The molecule has 0 N–H and O–H groups in total. The van der Waals surface area contributed by atoms with E-state index in [1.54, 1.807) is 12.3 Å². The van der Waals surface area contributed by atoms with Gasteiger partial charge in [0, 0.05) is 6.20 Å². The molecule has 1 aromatic heterocycles. The molecule has 1 fully saturated rings. The fraction of sp³-hybridized carbons (Fsp3) is 0.467. The van der Waals surface area contributed by atoms with Crippen molar-refractivity contribution in [1.29, 1.82) is 5.26 Å². The van der Waals surface area contributed by atoms with Crippen molar-refractivity contribution in [3.05, 3.63) is 36.2 Å². The van der Waals surface area contributed by atoms with Gasteiger partial charge in [0.15, 0.2) is 0 Å². The minimum Gasteiger partial charge on any atom is -0.399 e. The van der Waals surface area contributed by atoms with Crippen LogP contribution in [0.2, 0.25) is 0 Å². The zero-order valence-corrected chi connectivity index (χ0v) is 12.4. The molecule has 0 aliphatic carbocycles. The first-order valence-electron chi connectivity index (χ1n) is 6.67. The summed E-state index contributed by atoms with van der Waals surface area (Å²) in [6.07, 6.45) is 3.94. The summed E-state index contributed by atoms with van der Waals surface area (Å²) >= 11 is 0. The molecular weight excluding hydrogens is 251 g/mol. The summed E-state index contributed by atoms with van der Waals surface area (Å²) in [4.78, 5) is 4.10. The first-order chi connectivity index (χ1) is 9.32. The van der Waals surface area contributed by atoms with E-state index in [-0.39, 0.29) is 0 Å². The van der Waals surface area contributed by atoms with Crippen molar-refractivity contribution in [3.63, 3.8) is 0 Å². The number of pyridine rings is 1. The molecule has 0 saturated carbocycles.